The van der Waals surface area contributed by atoms with Gasteiger partial charge in [0.25, 0.3) is 0 Å². The number of rotatable bonds is 2. The van der Waals surface area contributed by atoms with Crippen molar-refractivity contribution in [3.05, 3.63) is 30.0 Å². The van der Waals surface area contributed by atoms with Crippen molar-refractivity contribution in [1.82, 2.24) is 14.7 Å². The number of nitrogens with zero attached hydrogens (tertiary/aromatic N) is 3. The van der Waals surface area contributed by atoms with Gasteiger partial charge in [-0.3, -0.25) is 9.58 Å². The van der Waals surface area contributed by atoms with Gasteiger partial charge in [0.05, 0.1) is 16.8 Å². The Morgan fingerprint density at radius 2 is 2.16 bits per heavy atom. The molecule has 4 heteroatoms. The number of para-hydroxylation sites is 1. The van der Waals surface area contributed by atoms with E-state index in [1.807, 2.05) is 24.7 Å². The zero-order valence-electron chi connectivity index (χ0n) is 11.6. The van der Waals surface area contributed by atoms with Crippen LogP contribution in [0.15, 0.2) is 24.3 Å². The molecule has 1 atom stereocenters. The molecule has 0 spiro atoms. The van der Waals surface area contributed by atoms with E-state index in [1.165, 1.54) is 10.9 Å². The van der Waals surface area contributed by atoms with E-state index in [-0.39, 0.29) is 0 Å². The van der Waals surface area contributed by atoms with Gasteiger partial charge in [0.1, 0.15) is 0 Å². The predicted molar refractivity (Wildman–Crippen MR) is 75.8 cm³/mol. The van der Waals surface area contributed by atoms with Crippen molar-refractivity contribution in [3.63, 3.8) is 0 Å². The number of benzene rings is 1. The maximum absolute atomic E-state index is 10.2. The summed E-state index contributed by atoms with van der Waals surface area (Å²) in [6.07, 6.45) is 1.95. The summed E-state index contributed by atoms with van der Waals surface area (Å²) in [6, 6.07) is 8.32. The lowest BCUT2D eigenvalue weighted by molar-refractivity contribution is -0.0184. The molecule has 1 aliphatic heterocycles. The standard InChI is InChI=1S/C15H21N3O/c1-15(19)8-5-9-18(11-15)10-13-12-6-3-4-7-14(12)17(2)16-13/h3-4,6-7,19H,5,8-11H2,1-2H3. The maximum Gasteiger partial charge on any atom is 0.0843 e. The lowest BCUT2D eigenvalue weighted by atomic mass is 9.95. The highest BCUT2D eigenvalue weighted by Gasteiger charge is 2.28. The molecule has 1 aromatic carbocycles. The quantitative estimate of drug-likeness (QED) is 0.896. The summed E-state index contributed by atoms with van der Waals surface area (Å²) >= 11 is 0. The molecule has 102 valence electrons. The highest BCUT2D eigenvalue weighted by molar-refractivity contribution is 5.81. The fourth-order valence-corrected chi connectivity index (χ4v) is 3.08. The highest BCUT2D eigenvalue weighted by Crippen LogP contribution is 2.24. The van der Waals surface area contributed by atoms with Crippen molar-refractivity contribution in [3.8, 4) is 0 Å². The minimum absolute atomic E-state index is 0.553. The van der Waals surface area contributed by atoms with E-state index in [4.69, 9.17) is 0 Å². The van der Waals surface area contributed by atoms with E-state index < -0.39 is 5.60 Å². The maximum atomic E-state index is 10.2. The first-order chi connectivity index (χ1) is 9.05. The van der Waals surface area contributed by atoms with Crippen molar-refractivity contribution in [2.75, 3.05) is 13.1 Å². The van der Waals surface area contributed by atoms with Crippen LogP contribution in [0.3, 0.4) is 0 Å². The van der Waals surface area contributed by atoms with Gasteiger partial charge in [0.2, 0.25) is 0 Å². The molecule has 1 fully saturated rings. The molecular weight excluding hydrogens is 238 g/mol. The largest absolute Gasteiger partial charge is 0.389 e. The molecule has 0 radical (unpaired) electrons. The van der Waals surface area contributed by atoms with Crippen LogP contribution in [0, 0.1) is 0 Å². The minimum atomic E-state index is -0.553. The van der Waals surface area contributed by atoms with Gasteiger partial charge in [-0.15, -0.1) is 0 Å². The number of likely N-dealkylation sites (tertiary alicyclic amines) is 1. The number of hydrogen-bond donors (Lipinski definition) is 1. The lowest BCUT2D eigenvalue weighted by Gasteiger charge is -2.36. The second-order valence-electron chi connectivity index (χ2n) is 5.90. The van der Waals surface area contributed by atoms with Crippen LogP contribution in [0.2, 0.25) is 0 Å². The lowest BCUT2D eigenvalue weighted by Crippen LogP contribution is -2.45. The second-order valence-corrected chi connectivity index (χ2v) is 5.90. The topological polar surface area (TPSA) is 41.3 Å². The smallest absolute Gasteiger partial charge is 0.0843 e. The van der Waals surface area contributed by atoms with Crippen LogP contribution in [-0.4, -0.2) is 38.5 Å². The normalized spacial score (nSPS) is 25.0. The van der Waals surface area contributed by atoms with Crippen molar-refractivity contribution in [1.29, 1.82) is 0 Å². The summed E-state index contributed by atoms with van der Waals surface area (Å²) in [5.74, 6) is 0. The van der Waals surface area contributed by atoms with Crippen LogP contribution >= 0.6 is 0 Å². The molecule has 0 amide bonds. The van der Waals surface area contributed by atoms with Crippen LogP contribution in [0.25, 0.3) is 10.9 Å². The molecule has 1 unspecified atom stereocenters. The van der Waals surface area contributed by atoms with Gasteiger partial charge in [-0.2, -0.15) is 5.10 Å². The molecular formula is C15H21N3O. The summed E-state index contributed by atoms with van der Waals surface area (Å²) in [5, 5.41) is 16.0. The van der Waals surface area contributed by atoms with Crippen LogP contribution < -0.4 is 0 Å². The number of piperidine rings is 1. The number of aliphatic hydroxyl groups is 1. The second kappa shape index (κ2) is 4.62. The number of fused-ring (bicyclic) bond motifs is 1. The molecule has 2 heterocycles. The Morgan fingerprint density at radius 1 is 1.37 bits per heavy atom. The average molecular weight is 259 g/mol. The fourth-order valence-electron chi connectivity index (χ4n) is 3.08. The van der Waals surface area contributed by atoms with Gasteiger partial charge in [-0.1, -0.05) is 18.2 Å². The molecule has 0 aliphatic carbocycles. The van der Waals surface area contributed by atoms with E-state index >= 15 is 0 Å². The Hall–Kier alpha value is -1.39. The van der Waals surface area contributed by atoms with Crippen molar-refractivity contribution in [2.24, 2.45) is 7.05 Å². The van der Waals surface area contributed by atoms with E-state index in [0.29, 0.717) is 0 Å². The molecule has 2 aromatic rings. The molecule has 19 heavy (non-hydrogen) atoms. The Kier molecular flexibility index (Phi) is 3.07. The summed E-state index contributed by atoms with van der Waals surface area (Å²) in [6.45, 7) is 4.52. The Morgan fingerprint density at radius 3 is 2.95 bits per heavy atom. The predicted octanol–water partition coefficient (Wildman–Crippen LogP) is 1.92. The fraction of sp³-hybridized carbons (Fsp3) is 0.533. The third-order valence-electron chi connectivity index (χ3n) is 3.96. The summed E-state index contributed by atoms with van der Waals surface area (Å²) in [4.78, 5) is 2.30. The van der Waals surface area contributed by atoms with Crippen LogP contribution in [0.4, 0.5) is 0 Å². The number of aryl methyl sites for hydroxylation is 1. The van der Waals surface area contributed by atoms with Gasteiger partial charge in [-0.05, 0) is 32.4 Å². The monoisotopic (exact) mass is 259 g/mol. The highest BCUT2D eigenvalue weighted by atomic mass is 16.3. The first kappa shape index (κ1) is 12.6. The molecule has 0 bridgehead atoms. The van der Waals surface area contributed by atoms with Crippen LogP contribution in [0.1, 0.15) is 25.5 Å². The third-order valence-corrected chi connectivity index (χ3v) is 3.96. The van der Waals surface area contributed by atoms with Gasteiger partial charge in [0, 0.05) is 25.5 Å². The van der Waals surface area contributed by atoms with Crippen LogP contribution in [0.5, 0.6) is 0 Å². The zero-order valence-corrected chi connectivity index (χ0v) is 11.6. The first-order valence-corrected chi connectivity index (χ1v) is 6.90. The summed E-state index contributed by atoms with van der Waals surface area (Å²) in [5.41, 5.74) is 1.72. The van der Waals surface area contributed by atoms with Crippen molar-refractivity contribution in [2.45, 2.75) is 31.9 Å². The SMILES string of the molecule is Cn1nc(CN2CCCC(C)(O)C2)c2ccccc21. The number of β-amino-alcohol motifs (C(OH)–C–C–N with tert-alkyl or cyclic N) is 1. The third kappa shape index (κ3) is 2.51. The van der Waals surface area contributed by atoms with Crippen molar-refractivity contribution >= 4 is 10.9 Å². The van der Waals surface area contributed by atoms with Gasteiger partial charge >= 0.3 is 0 Å². The number of aromatic nitrogens is 2. The van der Waals surface area contributed by atoms with E-state index in [2.05, 4.69) is 28.2 Å². The average Bonchev–Trinajstić information content (AvgIpc) is 2.66. The van der Waals surface area contributed by atoms with Gasteiger partial charge in [0.15, 0.2) is 0 Å². The summed E-state index contributed by atoms with van der Waals surface area (Å²) < 4.78 is 1.94. The molecule has 0 saturated carbocycles. The Balaban J connectivity index is 1.85. The molecule has 1 saturated heterocycles. The zero-order chi connectivity index (χ0) is 13.5. The van der Waals surface area contributed by atoms with Gasteiger partial charge in [-0.25, -0.2) is 0 Å². The van der Waals surface area contributed by atoms with E-state index in [1.54, 1.807) is 0 Å². The van der Waals surface area contributed by atoms with Crippen molar-refractivity contribution < 1.29 is 5.11 Å². The van der Waals surface area contributed by atoms with Crippen LogP contribution in [-0.2, 0) is 13.6 Å². The molecule has 3 rings (SSSR count). The first-order valence-electron chi connectivity index (χ1n) is 6.90. The number of hydrogen-bond acceptors (Lipinski definition) is 3. The molecule has 4 nitrogen and oxygen atoms in total. The van der Waals surface area contributed by atoms with Gasteiger partial charge < -0.3 is 5.11 Å². The minimum Gasteiger partial charge on any atom is -0.389 e. The summed E-state index contributed by atoms with van der Waals surface area (Å²) in [7, 11) is 1.98. The molecule has 1 N–H and O–H groups in total. The van der Waals surface area contributed by atoms with E-state index in [9.17, 15) is 5.11 Å². The molecule has 1 aliphatic rings. The Labute approximate surface area is 113 Å². The Bertz CT molecular complexity index is 588. The van der Waals surface area contributed by atoms with E-state index in [0.717, 1.165) is 38.2 Å². The molecule has 1 aromatic heterocycles.